The highest BCUT2D eigenvalue weighted by atomic mass is 35.5. The van der Waals surface area contributed by atoms with Crippen molar-refractivity contribution < 1.29 is 9.59 Å². The van der Waals surface area contributed by atoms with Gasteiger partial charge in [-0.25, -0.2) is 0 Å². The Labute approximate surface area is 119 Å². The number of ketones is 2. The lowest BCUT2D eigenvalue weighted by Gasteiger charge is -2.16. The van der Waals surface area contributed by atoms with Crippen molar-refractivity contribution in [3.8, 4) is 0 Å². The molecule has 1 aromatic heterocycles. The molecule has 0 atom stereocenters. The lowest BCUT2D eigenvalue weighted by molar-refractivity contribution is 0.0991. The number of benzene rings is 1. The molecule has 1 heterocycles. The van der Waals surface area contributed by atoms with Crippen LogP contribution in [0.2, 0.25) is 5.02 Å². The molecule has 3 nitrogen and oxygen atoms in total. The monoisotopic (exact) mass is 281 g/mol. The van der Waals surface area contributed by atoms with Gasteiger partial charge in [-0.05, 0) is 17.7 Å². The van der Waals surface area contributed by atoms with Crippen molar-refractivity contribution >= 4 is 28.7 Å². The van der Waals surface area contributed by atoms with Crippen LogP contribution >= 0.6 is 11.6 Å². The van der Waals surface area contributed by atoms with E-state index in [2.05, 4.69) is 4.98 Å². The van der Waals surface area contributed by atoms with Crippen molar-refractivity contribution in [3.63, 3.8) is 0 Å². The van der Waals surface area contributed by atoms with Gasteiger partial charge in [0.05, 0.1) is 5.56 Å². The molecule has 0 N–H and O–H groups in total. The predicted octanol–water partition coefficient (Wildman–Crippen LogP) is 3.12. The third-order valence-electron chi connectivity index (χ3n) is 3.83. The van der Waals surface area contributed by atoms with Gasteiger partial charge in [0, 0.05) is 46.1 Å². The van der Waals surface area contributed by atoms with Gasteiger partial charge in [-0.15, -0.1) is 0 Å². The molecule has 0 bridgehead atoms. The molecule has 0 spiro atoms. The number of Topliss-reactive ketones (excluding diaryl/α,β-unsaturated/α-hetero) is 2. The van der Waals surface area contributed by atoms with Crippen LogP contribution in [-0.4, -0.2) is 16.6 Å². The SMILES string of the molecule is O=C1C2=C(C(=O)c3cnccc31)c1c(Cl)cccc1C2. The Hall–Kier alpha value is -2.26. The van der Waals surface area contributed by atoms with Crippen LogP contribution in [0, 0.1) is 0 Å². The zero-order valence-electron chi connectivity index (χ0n) is 10.3. The molecule has 2 aliphatic carbocycles. The molecule has 0 fully saturated rings. The Morgan fingerprint density at radius 1 is 1.05 bits per heavy atom. The number of carbonyl (C=O) groups excluding carboxylic acids is 2. The highest BCUT2D eigenvalue weighted by Gasteiger charge is 2.38. The molecule has 0 radical (unpaired) electrons. The first-order valence-electron chi connectivity index (χ1n) is 6.23. The van der Waals surface area contributed by atoms with Gasteiger partial charge in [-0.1, -0.05) is 23.7 Å². The van der Waals surface area contributed by atoms with E-state index in [0.717, 1.165) is 5.56 Å². The summed E-state index contributed by atoms with van der Waals surface area (Å²) in [5.41, 5.74) is 3.45. The Morgan fingerprint density at radius 3 is 2.75 bits per heavy atom. The van der Waals surface area contributed by atoms with Gasteiger partial charge in [0.2, 0.25) is 0 Å². The number of hydrogen-bond acceptors (Lipinski definition) is 3. The number of fused-ring (bicyclic) bond motifs is 3. The van der Waals surface area contributed by atoms with Gasteiger partial charge < -0.3 is 0 Å². The first-order valence-corrected chi connectivity index (χ1v) is 6.60. The first-order chi connectivity index (χ1) is 9.68. The van der Waals surface area contributed by atoms with Gasteiger partial charge in [-0.2, -0.15) is 0 Å². The lowest BCUT2D eigenvalue weighted by atomic mass is 9.85. The predicted molar refractivity (Wildman–Crippen MR) is 75.0 cm³/mol. The molecule has 0 aliphatic heterocycles. The van der Waals surface area contributed by atoms with Gasteiger partial charge in [0.25, 0.3) is 0 Å². The van der Waals surface area contributed by atoms with Crippen molar-refractivity contribution in [1.82, 2.24) is 4.98 Å². The fraction of sp³-hybridized carbons (Fsp3) is 0.0625. The Balaban J connectivity index is 2.03. The number of carbonyl (C=O) groups is 2. The molecule has 2 aromatic rings. The number of aromatic nitrogens is 1. The summed E-state index contributed by atoms with van der Waals surface area (Å²) in [6, 6.07) is 7.09. The molecule has 4 rings (SSSR count). The van der Waals surface area contributed by atoms with Crippen LogP contribution in [0.5, 0.6) is 0 Å². The standard InChI is InChI=1S/C16H8ClNO2/c17-12-3-1-2-8-6-10-14(13(8)12)16(20)11-7-18-5-4-9(11)15(10)19/h1-5,7H,6H2. The highest BCUT2D eigenvalue weighted by molar-refractivity contribution is 6.44. The molecule has 4 heteroatoms. The van der Waals surface area contributed by atoms with Gasteiger partial charge in [-0.3, -0.25) is 14.6 Å². The Bertz CT molecular complexity index is 836. The summed E-state index contributed by atoms with van der Waals surface area (Å²) in [7, 11) is 0. The molecule has 1 aromatic carbocycles. The normalized spacial score (nSPS) is 16.1. The summed E-state index contributed by atoms with van der Waals surface area (Å²) >= 11 is 6.22. The van der Waals surface area contributed by atoms with E-state index >= 15 is 0 Å². The summed E-state index contributed by atoms with van der Waals surface area (Å²) in [6.07, 6.45) is 3.45. The zero-order valence-corrected chi connectivity index (χ0v) is 11.1. The third kappa shape index (κ3) is 1.33. The van der Waals surface area contributed by atoms with Crippen LogP contribution in [0.4, 0.5) is 0 Å². The van der Waals surface area contributed by atoms with E-state index in [1.165, 1.54) is 12.4 Å². The van der Waals surface area contributed by atoms with E-state index in [9.17, 15) is 9.59 Å². The highest BCUT2D eigenvalue weighted by Crippen LogP contribution is 2.43. The van der Waals surface area contributed by atoms with Gasteiger partial charge >= 0.3 is 0 Å². The lowest BCUT2D eigenvalue weighted by Crippen LogP contribution is -2.19. The van der Waals surface area contributed by atoms with Crippen molar-refractivity contribution in [2.24, 2.45) is 0 Å². The molecule has 0 saturated carbocycles. The minimum Gasteiger partial charge on any atom is -0.289 e. The number of halogens is 1. The Kier molecular flexibility index (Phi) is 2.24. The van der Waals surface area contributed by atoms with Crippen LogP contribution in [0.3, 0.4) is 0 Å². The zero-order chi connectivity index (χ0) is 13.9. The van der Waals surface area contributed by atoms with E-state index in [0.29, 0.717) is 39.3 Å². The van der Waals surface area contributed by atoms with Gasteiger partial charge in [0.1, 0.15) is 0 Å². The van der Waals surface area contributed by atoms with Crippen molar-refractivity contribution in [2.45, 2.75) is 6.42 Å². The second-order valence-electron chi connectivity index (χ2n) is 4.88. The number of rotatable bonds is 0. The number of hydrogen-bond donors (Lipinski definition) is 0. The molecular formula is C16H8ClNO2. The molecule has 0 unspecified atom stereocenters. The molecular weight excluding hydrogens is 274 g/mol. The van der Waals surface area contributed by atoms with Gasteiger partial charge in [0.15, 0.2) is 11.6 Å². The Morgan fingerprint density at radius 2 is 1.90 bits per heavy atom. The van der Waals surface area contributed by atoms with E-state index < -0.39 is 0 Å². The van der Waals surface area contributed by atoms with E-state index in [4.69, 9.17) is 11.6 Å². The maximum absolute atomic E-state index is 12.6. The third-order valence-corrected chi connectivity index (χ3v) is 4.15. The second-order valence-corrected chi connectivity index (χ2v) is 5.29. The molecule has 2 aliphatic rings. The van der Waals surface area contributed by atoms with Crippen molar-refractivity contribution in [2.75, 3.05) is 0 Å². The van der Waals surface area contributed by atoms with Crippen LogP contribution in [0.1, 0.15) is 31.8 Å². The summed E-state index contributed by atoms with van der Waals surface area (Å²) in [5, 5.41) is 0.515. The van der Waals surface area contributed by atoms with Crippen LogP contribution in [-0.2, 0) is 6.42 Å². The van der Waals surface area contributed by atoms with Crippen LogP contribution in [0.25, 0.3) is 5.57 Å². The minimum absolute atomic E-state index is 0.0933. The van der Waals surface area contributed by atoms with E-state index in [-0.39, 0.29) is 11.6 Å². The van der Waals surface area contributed by atoms with Crippen LogP contribution in [0.15, 0.2) is 42.2 Å². The topological polar surface area (TPSA) is 47.0 Å². The first kappa shape index (κ1) is 11.6. The minimum atomic E-state index is -0.158. The summed E-state index contributed by atoms with van der Waals surface area (Å²) in [5.74, 6) is -0.251. The average Bonchev–Trinajstić information content (AvgIpc) is 2.86. The van der Waals surface area contributed by atoms with E-state index in [1.807, 2.05) is 12.1 Å². The summed E-state index contributed by atoms with van der Waals surface area (Å²) in [4.78, 5) is 29.1. The van der Waals surface area contributed by atoms with E-state index in [1.54, 1.807) is 12.1 Å². The summed E-state index contributed by atoms with van der Waals surface area (Å²) < 4.78 is 0. The van der Waals surface area contributed by atoms with Crippen molar-refractivity contribution in [1.29, 1.82) is 0 Å². The fourth-order valence-electron chi connectivity index (χ4n) is 2.94. The fourth-order valence-corrected chi connectivity index (χ4v) is 3.23. The van der Waals surface area contributed by atoms with Crippen molar-refractivity contribution in [3.05, 3.63) is 69.5 Å². The molecule has 0 saturated heterocycles. The maximum atomic E-state index is 12.6. The largest absolute Gasteiger partial charge is 0.289 e. The molecule has 96 valence electrons. The average molecular weight is 282 g/mol. The number of nitrogens with zero attached hydrogens (tertiary/aromatic N) is 1. The second kappa shape index (κ2) is 3.87. The molecule has 0 amide bonds. The summed E-state index contributed by atoms with van der Waals surface area (Å²) in [6.45, 7) is 0. The maximum Gasteiger partial charge on any atom is 0.196 e. The number of allylic oxidation sites excluding steroid dienone is 2. The quantitative estimate of drug-likeness (QED) is 0.745. The van der Waals surface area contributed by atoms with Crippen LogP contribution < -0.4 is 0 Å². The smallest absolute Gasteiger partial charge is 0.196 e. The number of pyridine rings is 1. The molecule has 20 heavy (non-hydrogen) atoms.